The van der Waals surface area contributed by atoms with E-state index < -0.39 is 5.97 Å². The molecule has 2 aromatic rings. The number of aliphatic imine (C=N–C) groups is 1. The Morgan fingerprint density at radius 3 is 2.70 bits per heavy atom. The number of halogens is 1. The van der Waals surface area contributed by atoms with E-state index in [0.29, 0.717) is 17.7 Å². The first-order valence-electron chi connectivity index (χ1n) is 7.17. The maximum Gasteiger partial charge on any atom is 0.363 e. The van der Waals surface area contributed by atoms with Crippen molar-refractivity contribution in [2.24, 2.45) is 4.99 Å². The van der Waals surface area contributed by atoms with Crippen molar-refractivity contribution in [3.63, 3.8) is 0 Å². The smallest absolute Gasteiger partial charge is 0.363 e. The van der Waals surface area contributed by atoms with Crippen LogP contribution in [0.15, 0.2) is 59.2 Å². The highest BCUT2D eigenvalue weighted by atomic mass is 19.1. The Hall–Kier alpha value is -2.95. The summed E-state index contributed by atoms with van der Waals surface area (Å²) in [5.74, 6) is 0.0250. The second kappa shape index (κ2) is 6.44. The maximum atomic E-state index is 13.2. The lowest BCUT2D eigenvalue weighted by Gasteiger charge is -2.03. The van der Waals surface area contributed by atoms with Crippen LogP contribution in [0.4, 0.5) is 4.39 Å². The minimum Gasteiger partial charge on any atom is -0.494 e. The molecule has 0 saturated heterocycles. The summed E-state index contributed by atoms with van der Waals surface area (Å²) in [6.07, 6.45) is 1.49. The highest BCUT2D eigenvalue weighted by molar-refractivity contribution is 6.12. The van der Waals surface area contributed by atoms with E-state index in [4.69, 9.17) is 9.47 Å². The topological polar surface area (TPSA) is 47.9 Å². The van der Waals surface area contributed by atoms with Gasteiger partial charge in [0.25, 0.3) is 0 Å². The number of cyclic esters (lactones) is 1. The fraction of sp³-hybridized carbons (Fsp3) is 0.111. The highest BCUT2D eigenvalue weighted by Gasteiger charge is 2.24. The average Bonchev–Trinajstić information content (AvgIpc) is 2.89. The van der Waals surface area contributed by atoms with Gasteiger partial charge in [-0.05, 0) is 55.0 Å². The fourth-order valence-corrected chi connectivity index (χ4v) is 2.15. The second-order valence-electron chi connectivity index (χ2n) is 4.85. The molecule has 0 spiro atoms. The molecule has 116 valence electrons. The van der Waals surface area contributed by atoms with Crippen LogP contribution in [-0.2, 0) is 9.53 Å². The van der Waals surface area contributed by atoms with E-state index in [-0.39, 0.29) is 17.4 Å². The summed E-state index contributed by atoms with van der Waals surface area (Å²) < 4.78 is 23.7. The van der Waals surface area contributed by atoms with Crippen LogP contribution in [0.2, 0.25) is 0 Å². The molecule has 23 heavy (non-hydrogen) atoms. The maximum absolute atomic E-state index is 13.2. The van der Waals surface area contributed by atoms with Crippen molar-refractivity contribution in [2.45, 2.75) is 6.92 Å². The van der Waals surface area contributed by atoms with Crippen LogP contribution in [0, 0.1) is 5.82 Å². The van der Waals surface area contributed by atoms with E-state index in [1.165, 1.54) is 18.2 Å². The van der Waals surface area contributed by atoms with Crippen LogP contribution in [-0.4, -0.2) is 18.5 Å². The van der Waals surface area contributed by atoms with Gasteiger partial charge >= 0.3 is 5.97 Å². The lowest BCUT2D eigenvalue weighted by molar-refractivity contribution is -0.129. The van der Waals surface area contributed by atoms with Crippen molar-refractivity contribution in [1.82, 2.24) is 0 Å². The zero-order chi connectivity index (χ0) is 16.2. The molecule has 0 bridgehead atoms. The SMILES string of the molecule is CCOc1ccc(C2=N/C(=C\c3cccc(F)c3)C(=O)O2)cc1. The molecule has 0 aliphatic carbocycles. The first kappa shape index (κ1) is 15.0. The molecule has 0 N–H and O–H groups in total. The van der Waals surface area contributed by atoms with E-state index in [1.54, 1.807) is 36.4 Å². The minimum atomic E-state index is -0.557. The number of hydrogen-bond acceptors (Lipinski definition) is 4. The van der Waals surface area contributed by atoms with Crippen LogP contribution in [0.25, 0.3) is 6.08 Å². The number of nitrogens with zero attached hydrogens (tertiary/aromatic N) is 1. The molecule has 0 fully saturated rings. The van der Waals surface area contributed by atoms with Crippen molar-refractivity contribution < 1.29 is 18.7 Å². The normalized spacial score (nSPS) is 15.5. The van der Waals surface area contributed by atoms with Crippen LogP contribution < -0.4 is 4.74 Å². The number of esters is 1. The van der Waals surface area contributed by atoms with Gasteiger partial charge < -0.3 is 9.47 Å². The summed E-state index contributed by atoms with van der Waals surface area (Å²) >= 11 is 0. The third kappa shape index (κ3) is 3.45. The standard InChI is InChI=1S/C18H14FNO3/c1-2-22-15-8-6-13(7-9-15)17-20-16(18(21)23-17)11-12-4-3-5-14(19)10-12/h3-11H,2H2,1H3/b16-11-. The lowest BCUT2D eigenvalue weighted by atomic mass is 10.2. The van der Waals surface area contributed by atoms with Gasteiger partial charge in [0.2, 0.25) is 5.90 Å². The van der Waals surface area contributed by atoms with Gasteiger partial charge in [-0.2, -0.15) is 0 Å². The molecule has 0 amide bonds. The minimum absolute atomic E-state index is 0.138. The summed E-state index contributed by atoms with van der Waals surface area (Å²) in [5.41, 5.74) is 1.36. The van der Waals surface area contributed by atoms with E-state index in [2.05, 4.69) is 4.99 Å². The van der Waals surface area contributed by atoms with E-state index in [1.807, 2.05) is 6.92 Å². The molecule has 2 aromatic carbocycles. The van der Waals surface area contributed by atoms with Crippen LogP contribution >= 0.6 is 0 Å². The molecule has 0 unspecified atom stereocenters. The van der Waals surface area contributed by atoms with Crippen LogP contribution in [0.3, 0.4) is 0 Å². The second-order valence-corrected chi connectivity index (χ2v) is 4.85. The molecule has 0 saturated carbocycles. The molecule has 0 aromatic heterocycles. The fourth-order valence-electron chi connectivity index (χ4n) is 2.15. The highest BCUT2D eigenvalue weighted by Crippen LogP contribution is 2.21. The zero-order valence-electron chi connectivity index (χ0n) is 12.5. The van der Waals surface area contributed by atoms with Gasteiger partial charge in [0.05, 0.1) is 6.61 Å². The van der Waals surface area contributed by atoms with Gasteiger partial charge in [-0.1, -0.05) is 12.1 Å². The summed E-state index contributed by atoms with van der Waals surface area (Å²) in [4.78, 5) is 16.1. The third-order valence-electron chi connectivity index (χ3n) is 3.18. The molecule has 4 nitrogen and oxygen atoms in total. The molecule has 0 atom stereocenters. The first-order chi connectivity index (χ1) is 11.2. The van der Waals surface area contributed by atoms with E-state index >= 15 is 0 Å². The van der Waals surface area contributed by atoms with E-state index in [9.17, 15) is 9.18 Å². The predicted molar refractivity (Wildman–Crippen MR) is 84.6 cm³/mol. The van der Waals surface area contributed by atoms with Crippen LogP contribution in [0.5, 0.6) is 5.75 Å². The lowest BCUT2D eigenvalue weighted by Crippen LogP contribution is -2.05. The third-order valence-corrected chi connectivity index (χ3v) is 3.18. The Kier molecular flexibility index (Phi) is 4.19. The molecular formula is C18H14FNO3. The summed E-state index contributed by atoms with van der Waals surface area (Å²) in [6, 6.07) is 13.0. The summed E-state index contributed by atoms with van der Waals surface area (Å²) in [5, 5.41) is 0. The Balaban J connectivity index is 1.86. The summed E-state index contributed by atoms with van der Waals surface area (Å²) in [7, 11) is 0. The zero-order valence-corrected chi connectivity index (χ0v) is 12.5. The van der Waals surface area contributed by atoms with Crippen molar-refractivity contribution in [2.75, 3.05) is 6.61 Å². The largest absolute Gasteiger partial charge is 0.494 e. The Morgan fingerprint density at radius 2 is 2.00 bits per heavy atom. The van der Waals surface area contributed by atoms with E-state index in [0.717, 1.165) is 5.75 Å². The Labute approximate surface area is 132 Å². The number of rotatable bonds is 4. The predicted octanol–water partition coefficient (Wildman–Crippen LogP) is 3.57. The average molecular weight is 311 g/mol. The molecule has 1 heterocycles. The molecule has 1 aliphatic rings. The van der Waals surface area contributed by atoms with Gasteiger partial charge in [0, 0.05) is 5.56 Å². The quantitative estimate of drug-likeness (QED) is 0.640. The van der Waals surface area contributed by atoms with Gasteiger partial charge in [-0.15, -0.1) is 0 Å². The van der Waals surface area contributed by atoms with Gasteiger partial charge in [0.15, 0.2) is 5.70 Å². The number of carbonyl (C=O) groups is 1. The van der Waals surface area contributed by atoms with Crippen LogP contribution in [0.1, 0.15) is 18.1 Å². The monoisotopic (exact) mass is 311 g/mol. The molecular weight excluding hydrogens is 297 g/mol. The first-order valence-corrected chi connectivity index (χ1v) is 7.17. The van der Waals surface area contributed by atoms with Gasteiger partial charge in [-0.3, -0.25) is 0 Å². The van der Waals surface area contributed by atoms with Gasteiger partial charge in [-0.25, -0.2) is 14.2 Å². The Morgan fingerprint density at radius 1 is 1.22 bits per heavy atom. The van der Waals surface area contributed by atoms with Crippen molar-refractivity contribution in [3.05, 3.63) is 71.2 Å². The van der Waals surface area contributed by atoms with Crippen molar-refractivity contribution in [3.8, 4) is 5.75 Å². The molecule has 5 heteroatoms. The summed E-state index contributed by atoms with van der Waals surface area (Å²) in [6.45, 7) is 2.48. The van der Waals surface area contributed by atoms with Crippen molar-refractivity contribution >= 4 is 17.9 Å². The molecule has 3 rings (SSSR count). The number of carbonyl (C=O) groups excluding carboxylic acids is 1. The van der Waals surface area contributed by atoms with Crippen molar-refractivity contribution in [1.29, 1.82) is 0 Å². The number of hydrogen-bond donors (Lipinski definition) is 0. The van der Waals surface area contributed by atoms with Gasteiger partial charge in [0.1, 0.15) is 11.6 Å². The molecule has 0 radical (unpaired) electrons. The molecule has 1 aliphatic heterocycles. The number of ether oxygens (including phenoxy) is 2. The number of benzene rings is 2. The Bertz CT molecular complexity index is 794.